The van der Waals surface area contributed by atoms with Gasteiger partial charge in [0.05, 0.1) is 6.10 Å². The molecule has 2 aliphatic heterocycles. The first kappa shape index (κ1) is 11.8. The molecule has 7 nitrogen and oxygen atoms in total. The summed E-state index contributed by atoms with van der Waals surface area (Å²) in [4.78, 5) is 38.0. The van der Waals surface area contributed by atoms with Crippen molar-refractivity contribution in [2.24, 2.45) is 0 Å². The number of ether oxygens (including phenoxy) is 2. The molecule has 2 heterocycles. The zero-order chi connectivity index (χ0) is 12.3. The van der Waals surface area contributed by atoms with Crippen LogP contribution in [0.15, 0.2) is 0 Å². The predicted octanol–water partition coefficient (Wildman–Crippen LogP) is 0.383. The van der Waals surface area contributed by atoms with Crippen molar-refractivity contribution in [3.8, 4) is 0 Å². The van der Waals surface area contributed by atoms with Crippen molar-refractivity contribution < 1.29 is 28.7 Å². The van der Waals surface area contributed by atoms with Crippen LogP contribution in [0.5, 0.6) is 0 Å². The van der Waals surface area contributed by atoms with E-state index in [0.29, 0.717) is 11.7 Å². The second kappa shape index (κ2) is 5.13. The molecule has 0 radical (unpaired) electrons. The molecule has 0 saturated carbocycles. The Bertz CT molecular complexity index is 320. The van der Waals surface area contributed by atoms with Gasteiger partial charge in [0, 0.05) is 19.4 Å². The summed E-state index contributed by atoms with van der Waals surface area (Å²) < 4.78 is 9.99. The van der Waals surface area contributed by atoms with Gasteiger partial charge in [-0.3, -0.25) is 14.4 Å². The standard InChI is InChI=1S/C10H13NO6/c12-8-3-4-9(13)11(8)17-10(14)16-6-7-2-1-5-15-7/h7H,1-6H2. The lowest BCUT2D eigenvalue weighted by Crippen LogP contribution is -2.33. The third-order valence-corrected chi connectivity index (χ3v) is 2.58. The van der Waals surface area contributed by atoms with Gasteiger partial charge in [0.25, 0.3) is 11.8 Å². The zero-order valence-electron chi connectivity index (χ0n) is 9.22. The van der Waals surface area contributed by atoms with Crippen molar-refractivity contribution in [2.45, 2.75) is 31.8 Å². The molecule has 2 amide bonds. The normalized spacial score (nSPS) is 24.2. The molecule has 2 saturated heterocycles. The number of amides is 2. The largest absolute Gasteiger partial charge is 0.534 e. The van der Waals surface area contributed by atoms with Crippen molar-refractivity contribution in [1.29, 1.82) is 0 Å². The molecular formula is C10H13NO6. The van der Waals surface area contributed by atoms with Gasteiger partial charge in [-0.1, -0.05) is 5.06 Å². The average Bonchev–Trinajstić information content (AvgIpc) is 2.91. The van der Waals surface area contributed by atoms with E-state index in [1.807, 2.05) is 0 Å². The van der Waals surface area contributed by atoms with E-state index in [1.54, 1.807) is 0 Å². The molecule has 0 aromatic rings. The van der Waals surface area contributed by atoms with Crippen molar-refractivity contribution in [2.75, 3.05) is 13.2 Å². The summed E-state index contributed by atoms with van der Waals surface area (Å²) in [5.41, 5.74) is 0. The van der Waals surface area contributed by atoms with Crippen molar-refractivity contribution in [3.63, 3.8) is 0 Å². The van der Waals surface area contributed by atoms with Gasteiger partial charge < -0.3 is 9.47 Å². The minimum Gasteiger partial charge on any atom is -0.430 e. The lowest BCUT2D eigenvalue weighted by Gasteiger charge is -2.14. The highest BCUT2D eigenvalue weighted by Gasteiger charge is 2.33. The maximum Gasteiger partial charge on any atom is 0.534 e. The molecule has 94 valence electrons. The van der Waals surface area contributed by atoms with Gasteiger partial charge in [-0.2, -0.15) is 0 Å². The van der Waals surface area contributed by atoms with Gasteiger partial charge in [0.2, 0.25) is 0 Å². The second-order valence-corrected chi connectivity index (χ2v) is 3.87. The Morgan fingerprint density at radius 1 is 1.35 bits per heavy atom. The van der Waals surface area contributed by atoms with Gasteiger partial charge in [-0.15, -0.1) is 0 Å². The van der Waals surface area contributed by atoms with E-state index in [-0.39, 0.29) is 25.6 Å². The highest BCUT2D eigenvalue weighted by Crippen LogP contribution is 2.14. The number of hydrogen-bond donors (Lipinski definition) is 0. The van der Waals surface area contributed by atoms with E-state index >= 15 is 0 Å². The minimum atomic E-state index is -1.05. The molecule has 0 bridgehead atoms. The molecule has 7 heteroatoms. The maximum absolute atomic E-state index is 11.2. The topological polar surface area (TPSA) is 82.1 Å². The van der Waals surface area contributed by atoms with Crippen LogP contribution in [0.3, 0.4) is 0 Å². The lowest BCUT2D eigenvalue weighted by molar-refractivity contribution is -0.177. The van der Waals surface area contributed by atoms with E-state index in [4.69, 9.17) is 9.47 Å². The second-order valence-electron chi connectivity index (χ2n) is 3.87. The predicted molar refractivity (Wildman–Crippen MR) is 52.5 cm³/mol. The molecule has 2 aliphatic rings. The summed E-state index contributed by atoms with van der Waals surface area (Å²) in [7, 11) is 0. The summed E-state index contributed by atoms with van der Waals surface area (Å²) in [6, 6.07) is 0. The fraction of sp³-hybridized carbons (Fsp3) is 0.700. The highest BCUT2D eigenvalue weighted by molar-refractivity contribution is 6.01. The van der Waals surface area contributed by atoms with Crippen LogP contribution in [0.2, 0.25) is 0 Å². The van der Waals surface area contributed by atoms with Crippen LogP contribution in [0.25, 0.3) is 0 Å². The Balaban J connectivity index is 1.73. The first-order valence-electron chi connectivity index (χ1n) is 5.49. The number of carbonyl (C=O) groups is 3. The van der Waals surface area contributed by atoms with Crippen molar-refractivity contribution in [3.05, 3.63) is 0 Å². The Hall–Kier alpha value is -1.63. The zero-order valence-corrected chi connectivity index (χ0v) is 9.22. The smallest absolute Gasteiger partial charge is 0.430 e. The van der Waals surface area contributed by atoms with Crippen molar-refractivity contribution in [1.82, 2.24) is 5.06 Å². The van der Waals surface area contributed by atoms with Crippen LogP contribution >= 0.6 is 0 Å². The Kier molecular flexibility index (Phi) is 3.58. The number of hydrogen-bond acceptors (Lipinski definition) is 6. The fourth-order valence-corrected chi connectivity index (χ4v) is 1.70. The van der Waals surface area contributed by atoms with E-state index < -0.39 is 18.0 Å². The maximum atomic E-state index is 11.2. The molecule has 0 N–H and O–H groups in total. The summed E-state index contributed by atoms with van der Waals surface area (Å²) in [6.45, 7) is 0.737. The van der Waals surface area contributed by atoms with Crippen LogP contribution in [0.4, 0.5) is 4.79 Å². The van der Waals surface area contributed by atoms with Crippen LogP contribution in [-0.2, 0) is 23.9 Å². The number of hydroxylamine groups is 2. The van der Waals surface area contributed by atoms with Gasteiger partial charge in [-0.25, -0.2) is 4.79 Å². The van der Waals surface area contributed by atoms with Gasteiger partial charge >= 0.3 is 6.16 Å². The fourth-order valence-electron chi connectivity index (χ4n) is 1.70. The van der Waals surface area contributed by atoms with Gasteiger partial charge in [0.1, 0.15) is 6.61 Å². The molecule has 1 atom stereocenters. The Labute approximate surface area is 97.6 Å². The third kappa shape index (κ3) is 2.94. The number of nitrogens with zero attached hydrogens (tertiary/aromatic N) is 1. The first-order valence-corrected chi connectivity index (χ1v) is 5.49. The molecule has 0 spiro atoms. The number of carbonyl (C=O) groups excluding carboxylic acids is 3. The monoisotopic (exact) mass is 243 g/mol. The minimum absolute atomic E-state index is 0.0673. The van der Waals surface area contributed by atoms with E-state index in [1.165, 1.54) is 0 Å². The lowest BCUT2D eigenvalue weighted by atomic mass is 10.2. The molecule has 1 unspecified atom stereocenters. The molecule has 0 aromatic carbocycles. The van der Waals surface area contributed by atoms with Crippen LogP contribution in [0, 0.1) is 0 Å². The van der Waals surface area contributed by atoms with Crippen LogP contribution < -0.4 is 0 Å². The summed E-state index contributed by atoms with van der Waals surface area (Å²) in [5, 5.41) is 0.456. The molecule has 17 heavy (non-hydrogen) atoms. The average molecular weight is 243 g/mol. The van der Waals surface area contributed by atoms with Gasteiger partial charge in [0.15, 0.2) is 0 Å². The van der Waals surface area contributed by atoms with E-state index in [9.17, 15) is 14.4 Å². The Morgan fingerprint density at radius 3 is 2.65 bits per heavy atom. The first-order chi connectivity index (χ1) is 8.16. The van der Waals surface area contributed by atoms with E-state index in [0.717, 1.165) is 12.8 Å². The van der Waals surface area contributed by atoms with E-state index in [2.05, 4.69) is 4.84 Å². The van der Waals surface area contributed by atoms with Crippen molar-refractivity contribution >= 4 is 18.0 Å². The van der Waals surface area contributed by atoms with Gasteiger partial charge in [-0.05, 0) is 12.8 Å². The Morgan fingerprint density at radius 2 is 2.06 bits per heavy atom. The molecule has 2 fully saturated rings. The number of imide groups is 1. The van der Waals surface area contributed by atoms with Crippen LogP contribution in [-0.4, -0.2) is 42.4 Å². The quantitative estimate of drug-likeness (QED) is 0.526. The summed E-state index contributed by atoms with van der Waals surface area (Å²) >= 11 is 0. The molecule has 0 aromatic heterocycles. The number of rotatable bonds is 3. The molecule has 0 aliphatic carbocycles. The molecule has 2 rings (SSSR count). The highest BCUT2D eigenvalue weighted by atomic mass is 16.8. The SMILES string of the molecule is O=C(OCC1CCCO1)ON1C(=O)CCC1=O. The van der Waals surface area contributed by atoms with Crippen LogP contribution in [0.1, 0.15) is 25.7 Å². The molecular weight excluding hydrogens is 230 g/mol. The summed E-state index contributed by atoms with van der Waals surface area (Å²) in [6.07, 6.45) is 0.730. The third-order valence-electron chi connectivity index (χ3n) is 2.58. The summed E-state index contributed by atoms with van der Waals surface area (Å²) in [5.74, 6) is -1.05.